The van der Waals surface area contributed by atoms with Crippen molar-refractivity contribution in [1.82, 2.24) is 9.88 Å². The van der Waals surface area contributed by atoms with E-state index in [1.165, 1.54) is 6.07 Å². The molecule has 0 aromatic carbocycles. The Balaban J connectivity index is 1.82. The zero-order chi connectivity index (χ0) is 15.1. The summed E-state index contributed by atoms with van der Waals surface area (Å²) in [5.41, 5.74) is 0. The number of rotatable bonds is 4. The van der Waals surface area contributed by atoms with E-state index in [1.807, 2.05) is 19.1 Å². The topological polar surface area (TPSA) is 42.4 Å². The molecular formula is C16H19FN2O2. The summed E-state index contributed by atoms with van der Waals surface area (Å²) in [6, 6.07) is 4.49. The number of amides is 1. The number of aromatic nitrogens is 1. The predicted molar refractivity (Wildman–Crippen MR) is 78.4 cm³/mol. The lowest BCUT2D eigenvalue weighted by atomic mass is 10.1. The van der Waals surface area contributed by atoms with Gasteiger partial charge in [-0.05, 0) is 13.0 Å². The number of ether oxygens (including phenoxy) is 1. The monoisotopic (exact) mass is 290 g/mol. The maximum absolute atomic E-state index is 13.0. The van der Waals surface area contributed by atoms with Gasteiger partial charge in [-0.25, -0.2) is 0 Å². The van der Waals surface area contributed by atoms with Crippen LogP contribution in [0.15, 0.2) is 42.5 Å². The summed E-state index contributed by atoms with van der Waals surface area (Å²) in [4.78, 5) is 17.4. The summed E-state index contributed by atoms with van der Waals surface area (Å²) in [5.74, 6) is -0.239. The van der Waals surface area contributed by atoms with E-state index in [0.29, 0.717) is 19.0 Å². The Kier molecular flexibility index (Phi) is 5.49. The van der Waals surface area contributed by atoms with Gasteiger partial charge in [0.1, 0.15) is 6.10 Å². The first-order valence-corrected chi connectivity index (χ1v) is 7.06. The molecule has 21 heavy (non-hydrogen) atoms. The molecule has 1 saturated heterocycles. The Bertz CT molecular complexity index is 535. The molecule has 112 valence electrons. The third kappa shape index (κ3) is 4.70. The van der Waals surface area contributed by atoms with E-state index in [4.69, 9.17) is 4.74 Å². The second-order valence-corrected chi connectivity index (χ2v) is 4.83. The number of carbonyl (C=O) groups is 1. The van der Waals surface area contributed by atoms with Crippen molar-refractivity contribution in [3.63, 3.8) is 0 Å². The molecule has 2 heterocycles. The van der Waals surface area contributed by atoms with Crippen LogP contribution < -0.4 is 4.74 Å². The zero-order valence-corrected chi connectivity index (χ0v) is 12.0. The Morgan fingerprint density at radius 1 is 1.38 bits per heavy atom. The highest BCUT2D eigenvalue weighted by Gasteiger charge is 2.23. The maximum Gasteiger partial charge on any atom is 0.246 e. The van der Waals surface area contributed by atoms with Gasteiger partial charge in [0.15, 0.2) is 0 Å². The minimum absolute atomic E-state index is 0.00966. The molecule has 0 aliphatic carbocycles. The largest absolute Gasteiger partial charge is 0.474 e. The molecule has 0 saturated carbocycles. The van der Waals surface area contributed by atoms with Crippen molar-refractivity contribution in [2.24, 2.45) is 0 Å². The van der Waals surface area contributed by atoms with Crippen molar-refractivity contribution in [1.29, 1.82) is 0 Å². The molecule has 5 heteroatoms. The maximum atomic E-state index is 13.0. The van der Waals surface area contributed by atoms with E-state index in [1.54, 1.807) is 29.2 Å². The first-order valence-electron chi connectivity index (χ1n) is 7.06. The van der Waals surface area contributed by atoms with Gasteiger partial charge in [0.25, 0.3) is 0 Å². The van der Waals surface area contributed by atoms with E-state index in [-0.39, 0.29) is 12.0 Å². The molecule has 0 N–H and O–H groups in total. The number of likely N-dealkylation sites (tertiary alicyclic amines) is 1. The van der Waals surface area contributed by atoms with Crippen LogP contribution in [0, 0.1) is 5.95 Å². The number of hydrogen-bond donors (Lipinski definition) is 0. The van der Waals surface area contributed by atoms with Gasteiger partial charge in [-0.1, -0.05) is 24.3 Å². The third-order valence-corrected chi connectivity index (χ3v) is 3.27. The molecule has 1 aliphatic heterocycles. The van der Waals surface area contributed by atoms with Gasteiger partial charge in [-0.15, -0.1) is 0 Å². The molecular weight excluding hydrogens is 271 g/mol. The van der Waals surface area contributed by atoms with Crippen LogP contribution in [0.3, 0.4) is 0 Å². The number of allylic oxidation sites excluding steroid dienone is 3. The van der Waals surface area contributed by atoms with Crippen molar-refractivity contribution in [3.8, 4) is 5.88 Å². The number of nitrogens with zero attached hydrogens (tertiary/aromatic N) is 2. The Morgan fingerprint density at radius 2 is 2.14 bits per heavy atom. The van der Waals surface area contributed by atoms with Crippen LogP contribution in [0.5, 0.6) is 5.88 Å². The van der Waals surface area contributed by atoms with Gasteiger partial charge in [0.2, 0.25) is 17.7 Å². The van der Waals surface area contributed by atoms with E-state index < -0.39 is 5.95 Å². The van der Waals surface area contributed by atoms with Crippen molar-refractivity contribution in [2.75, 3.05) is 13.1 Å². The lowest BCUT2D eigenvalue weighted by Crippen LogP contribution is -2.41. The van der Waals surface area contributed by atoms with Crippen LogP contribution >= 0.6 is 0 Å². The summed E-state index contributed by atoms with van der Waals surface area (Å²) in [5, 5.41) is 0. The molecule has 1 aromatic heterocycles. The van der Waals surface area contributed by atoms with Gasteiger partial charge in [-0.3, -0.25) is 4.79 Å². The Hall–Kier alpha value is -2.17. The van der Waals surface area contributed by atoms with Gasteiger partial charge >= 0.3 is 0 Å². The zero-order valence-electron chi connectivity index (χ0n) is 12.0. The van der Waals surface area contributed by atoms with Crippen molar-refractivity contribution >= 4 is 5.91 Å². The summed E-state index contributed by atoms with van der Waals surface area (Å²) in [7, 11) is 0. The summed E-state index contributed by atoms with van der Waals surface area (Å²) in [6.07, 6.45) is 8.42. The molecule has 2 rings (SSSR count). The number of carbonyl (C=O) groups excluding carboxylic acids is 1. The minimum Gasteiger partial charge on any atom is -0.474 e. The van der Waals surface area contributed by atoms with E-state index >= 15 is 0 Å². The smallest absolute Gasteiger partial charge is 0.246 e. The lowest BCUT2D eigenvalue weighted by Gasteiger charge is -2.31. The van der Waals surface area contributed by atoms with E-state index in [9.17, 15) is 9.18 Å². The average Bonchev–Trinajstić information content (AvgIpc) is 2.48. The predicted octanol–water partition coefficient (Wildman–Crippen LogP) is 2.72. The highest BCUT2D eigenvalue weighted by Crippen LogP contribution is 2.17. The third-order valence-electron chi connectivity index (χ3n) is 3.27. The van der Waals surface area contributed by atoms with Gasteiger partial charge in [0, 0.05) is 38.1 Å². The van der Waals surface area contributed by atoms with Crippen LogP contribution in [0.25, 0.3) is 0 Å². The molecule has 0 atom stereocenters. The SMILES string of the molecule is C/C=C/C=C/C(=O)N1CCC(Oc2cccc(F)n2)CC1. The quantitative estimate of drug-likeness (QED) is 0.486. The number of halogens is 1. The van der Waals surface area contributed by atoms with E-state index in [0.717, 1.165) is 12.8 Å². The summed E-state index contributed by atoms with van der Waals surface area (Å²) in [6.45, 7) is 3.18. The number of pyridine rings is 1. The van der Waals surface area contributed by atoms with Crippen molar-refractivity contribution < 1.29 is 13.9 Å². The average molecular weight is 290 g/mol. The lowest BCUT2D eigenvalue weighted by molar-refractivity contribution is -0.127. The fourth-order valence-electron chi connectivity index (χ4n) is 2.17. The molecule has 0 unspecified atom stereocenters. The molecule has 1 amide bonds. The van der Waals surface area contributed by atoms with Crippen LogP contribution in [-0.4, -0.2) is 35.0 Å². The standard InChI is InChI=1S/C16H19FN2O2/c1-2-3-4-8-16(20)19-11-9-13(10-12-19)21-15-7-5-6-14(17)18-15/h2-8,13H,9-12H2,1H3/b3-2+,8-4+. The molecule has 1 aliphatic rings. The summed E-state index contributed by atoms with van der Waals surface area (Å²) >= 11 is 0. The fourth-order valence-corrected chi connectivity index (χ4v) is 2.17. The molecule has 0 bridgehead atoms. The van der Waals surface area contributed by atoms with Crippen LogP contribution in [0.1, 0.15) is 19.8 Å². The highest BCUT2D eigenvalue weighted by molar-refractivity contribution is 5.87. The molecule has 4 nitrogen and oxygen atoms in total. The fraction of sp³-hybridized carbons (Fsp3) is 0.375. The van der Waals surface area contributed by atoms with Crippen LogP contribution in [-0.2, 0) is 4.79 Å². The van der Waals surface area contributed by atoms with Crippen LogP contribution in [0.4, 0.5) is 4.39 Å². The van der Waals surface area contributed by atoms with Gasteiger partial charge in [0.05, 0.1) is 0 Å². The first-order chi connectivity index (χ1) is 10.2. The second kappa shape index (κ2) is 7.57. The van der Waals surface area contributed by atoms with Crippen molar-refractivity contribution in [3.05, 3.63) is 48.5 Å². The molecule has 0 radical (unpaired) electrons. The molecule has 1 fully saturated rings. The Labute approximate surface area is 123 Å². The summed E-state index contributed by atoms with van der Waals surface area (Å²) < 4.78 is 18.6. The molecule has 0 spiro atoms. The highest BCUT2D eigenvalue weighted by atomic mass is 19.1. The van der Waals surface area contributed by atoms with E-state index in [2.05, 4.69) is 4.98 Å². The second-order valence-electron chi connectivity index (χ2n) is 4.83. The molecule has 1 aromatic rings. The van der Waals surface area contributed by atoms with Crippen molar-refractivity contribution in [2.45, 2.75) is 25.9 Å². The van der Waals surface area contributed by atoms with Gasteiger partial charge < -0.3 is 9.64 Å². The van der Waals surface area contributed by atoms with Gasteiger partial charge in [-0.2, -0.15) is 9.37 Å². The normalized spacial score (nSPS) is 16.8. The van der Waals surface area contributed by atoms with Crippen LogP contribution in [0.2, 0.25) is 0 Å². The minimum atomic E-state index is -0.547. The Morgan fingerprint density at radius 3 is 2.81 bits per heavy atom. The number of piperidine rings is 1. The first kappa shape index (κ1) is 15.2. The number of hydrogen-bond acceptors (Lipinski definition) is 3.